The second-order valence-electron chi connectivity index (χ2n) is 13.2. The van der Waals surface area contributed by atoms with Crippen LogP contribution in [0.15, 0.2) is 12.2 Å². The SMILES string of the molecule is COC(=O)c1c(OC)c(C(=O)OC)c(OC)c([C@H](CC(C)C)[C@@]2(C)C=C[C@H]3[C@@H](CO)CC[C@@H]4[C@H]([C@@H]32)C4(C)C)c1OC. The van der Waals surface area contributed by atoms with Gasteiger partial charge in [-0.2, -0.15) is 0 Å². The summed E-state index contributed by atoms with van der Waals surface area (Å²) < 4.78 is 28.1. The Balaban J connectivity index is 2.07. The highest BCUT2D eigenvalue weighted by Crippen LogP contribution is 2.74. The van der Waals surface area contributed by atoms with E-state index in [1.165, 1.54) is 35.5 Å². The highest BCUT2D eigenvalue weighted by Gasteiger charge is 2.68. The predicted molar refractivity (Wildman–Crippen MR) is 156 cm³/mol. The molecule has 8 nitrogen and oxygen atoms in total. The van der Waals surface area contributed by atoms with Crippen LogP contribution in [0.5, 0.6) is 17.2 Å². The average molecular weight is 573 g/mol. The third-order valence-corrected chi connectivity index (χ3v) is 10.6. The molecule has 0 spiro atoms. The van der Waals surface area contributed by atoms with E-state index in [0.717, 1.165) is 19.3 Å². The Bertz CT molecular complexity index is 1160. The van der Waals surface area contributed by atoms with Crippen LogP contribution in [0.2, 0.25) is 0 Å². The van der Waals surface area contributed by atoms with E-state index in [-0.39, 0.29) is 75.4 Å². The summed E-state index contributed by atoms with van der Waals surface area (Å²) in [6.07, 6.45) is 7.51. The van der Waals surface area contributed by atoms with Crippen molar-refractivity contribution in [1.82, 2.24) is 0 Å². The number of fused-ring (bicyclic) bond motifs is 3. The molecule has 228 valence electrons. The first-order valence-corrected chi connectivity index (χ1v) is 14.7. The molecule has 4 rings (SSSR count). The monoisotopic (exact) mass is 572 g/mol. The summed E-state index contributed by atoms with van der Waals surface area (Å²) in [6.45, 7) is 11.5. The summed E-state index contributed by atoms with van der Waals surface area (Å²) in [7, 11) is 6.99. The number of aliphatic hydroxyl groups is 1. The highest BCUT2D eigenvalue weighted by molar-refractivity contribution is 6.05. The van der Waals surface area contributed by atoms with E-state index >= 15 is 0 Å². The van der Waals surface area contributed by atoms with Gasteiger partial charge >= 0.3 is 11.9 Å². The Morgan fingerprint density at radius 1 is 0.878 bits per heavy atom. The molecular weight excluding hydrogens is 524 g/mol. The van der Waals surface area contributed by atoms with Crippen molar-refractivity contribution in [1.29, 1.82) is 0 Å². The van der Waals surface area contributed by atoms with Gasteiger partial charge in [-0.1, -0.05) is 46.8 Å². The number of hydrogen-bond donors (Lipinski definition) is 1. The van der Waals surface area contributed by atoms with Crippen molar-refractivity contribution in [2.75, 3.05) is 42.2 Å². The van der Waals surface area contributed by atoms with E-state index in [2.05, 4.69) is 46.8 Å². The van der Waals surface area contributed by atoms with Crippen molar-refractivity contribution in [3.8, 4) is 17.2 Å². The number of aliphatic hydroxyl groups excluding tert-OH is 1. The second-order valence-corrected chi connectivity index (χ2v) is 13.2. The molecule has 0 bridgehead atoms. The molecule has 3 aliphatic carbocycles. The number of hydrogen-bond acceptors (Lipinski definition) is 8. The zero-order valence-electron chi connectivity index (χ0n) is 26.3. The summed E-state index contributed by atoms with van der Waals surface area (Å²) >= 11 is 0. The Labute approximate surface area is 244 Å². The molecule has 8 heteroatoms. The zero-order valence-corrected chi connectivity index (χ0v) is 26.3. The van der Waals surface area contributed by atoms with Crippen molar-refractivity contribution in [3.63, 3.8) is 0 Å². The molecule has 7 atom stereocenters. The highest BCUT2D eigenvalue weighted by atomic mass is 16.5. The van der Waals surface area contributed by atoms with Gasteiger partial charge < -0.3 is 28.8 Å². The van der Waals surface area contributed by atoms with Gasteiger partial charge in [0.1, 0.15) is 22.6 Å². The lowest BCUT2D eigenvalue weighted by molar-refractivity contribution is 0.0582. The average Bonchev–Trinajstić information content (AvgIpc) is 3.40. The van der Waals surface area contributed by atoms with Crippen LogP contribution < -0.4 is 14.2 Å². The van der Waals surface area contributed by atoms with Crippen molar-refractivity contribution in [3.05, 3.63) is 28.8 Å². The summed E-state index contributed by atoms with van der Waals surface area (Å²) in [6, 6.07) is 0. The number of allylic oxidation sites excluding steroid dienone is 2. The first-order chi connectivity index (χ1) is 19.4. The predicted octanol–water partition coefficient (Wildman–Crippen LogP) is 5.90. The number of carbonyl (C=O) groups excluding carboxylic acids is 2. The van der Waals surface area contributed by atoms with Gasteiger partial charge in [0.2, 0.25) is 0 Å². The Kier molecular flexibility index (Phi) is 8.75. The molecule has 0 saturated heterocycles. The van der Waals surface area contributed by atoms with Crippen molar-refractivity contribution < 1.29 is 38.4 Å². The minimum atomic E-state index is -0.681. The summed E-state index contributed by atoms with van der Waals surface area (Å²) in [5, 5.41) is 10.4. The fraction of sp³-hybridized carbons (Fsp3) is 0.697. The molecule has 0 heterocycles. The van der Waals surface area contributed by atoms with E-state index < -0.39 is 11.9 Å². The fourth-order valence-electron chi connectivity index (χ4n) is 8.62. The molecule has 2 fully saturated rings. The van der Waals surface area contributed by atoms with Crippen LogP contribution in [0.25, 0.3) is 0 Å². The normalized spacial score (nSPS) is 30.1. The van der Waals surface area contributed by atoms with E-state index in [9.17, 15) is 14.7 Å². The molecule has 0 aromatic heterocycles. The molecular formula is C33H48O8. The minimum absolute atomic E-state index is 0.00681. The maximum Gasteiger partial charge on any atom is 0.345 e. The summed E-state index contributed by atoms with van der Waals surface area (Å²) in [5.74, 6) is 0.996. The number of methoxy groups -OCH3 is 5. The van der Waals surface area contributed by atoms with Gasteiger partial charge in [-0.15, -0.1) is 0 Å². The van der Waals surface area contributed by atoms with Crippen LogP contribution >= 0.6 is 0 Å². The van der Waals surface area contributed by atoms with E-state index in [4.69, 9.17) is 23.7 Å². The van der Waals surface area contributed by atoms with Crippen LogP contribution in [-0.4, -0.2) is 59.2 Å². The van der Waals surface area contributed by atoms with Crippen LogP contribution in [0.3, 0.4) is 0 Å². The lowest BCUT2D eigenvalue weighted by Gasteiger charge is -2.45. The molecule has 41 heavy (non-hydrogen) atoms. The van der Waals surface area contributed by atoms with Crippen LogP contribution in [0.4, 0.5) is 0 Å². The maximum absolute atomic E-state index is 13.3. The van der Waals surface area contributed by atoms with Crippen molar-refractivity contribution in [2.45, 2.75) is 59.8 Å². The molecule has 0 aliphatic heterocycles. The quantitative estimate of drug-likeness (QED) is 0.273. The lowest BCUT2D eigenvalue weighted by Crippen LogP contribution is -2.38. The van der Waals surface area contributed by atoms with Crippen molar-refractivity contribution >= 4 is 11.9 Å². The smallest absolute Gasteiger partial charge is 0.345 e. The summed E-state index contributed by atoms with van der Waals surface area (Å²) in [5.41, 5.74) is 0.505. The zero-order chi connectivity index (χ0) is 30.4. The number of esters is 2. The van der Waals surface area contributed by atoms with Crippen LogP contribution in [0, 0.1) is 46.3 Å². The number of rotatable bonds is 10. The fourth-order valence-corrected chi connectivity index (χ4v) is 8.62. The lowest BCUT2D eigenvalue weighted by atomic mass is 9.59. The first kappa shape index (κ1) is 31.2. The third kappa shape index (κ3) is 4.80. The van der Waals surface area contributed by atoms with Gasteiger partial charge in [0.05, 0.1) is 35.5 Å². The molecule has 0 amide bonds. The Hall–Kier alpha value is -2.74. The minimum Gasteiger partial charge on any atom is -0.495 e. The molecule has 1 aromatic carbocycles. The van der Waals surface area contributed by atoms with E-state index in [1.807, 2.05) is 0 Å². The Morgan fingerprint density at radius 2 is 1.41 bits per heavy atom. The third-order valence-electron chi connectivity index (χ3n) is 10.6. The molecule has 3 aliphatic rings. The topological polar surface area (TPSA) is 101 Å². The van der Waals surface area contributed by atoms with Crippen LogP contribution in [-0.2, 0) is 9.47 Å². The van der Waals surface area contributed by atoms with Gasteiger partial charge in [-0.3, -0.25) is 0 Å². The molecule has 1 N–H and O–H groups in total. The van der Waals surface area contributed by atoms with Gasteiger partial charge in [0.15, 0.2) is 5.75 Å². The van der Waals surface area contributed by atoms with Gasteiger partial charge in [-0.25, -0.2) is 9.59 Å². The van der Waals surface area contributed by atoms with Gasteiger partial charge in [0, 0.05) is 18.1 Å². The molecule has 0 unspecified atom stereocenters. The molecule has 0 radical (unpaired) electrons. The van der Waals surface area contributed by atoms with Crippen molar-refractivity contribution in [2.24, 2.45) is 46.3 Å². The Morgan fingerprint density at radius 3 is 1.85 bits per heavy atom. The first-order valence-electron chi connectivity index (χ1n) is 14.7. The summed E-state index contributed by atoms with van der Waals surface area (Å²) in [4.78, 5) is 26.6. The molecule has 2 saturated carbocycles. The van der Waals surface area contributed by atoms with Gasteiger partial charge in [0.25, 0.3) is 0 Å². The number of benzene rings is 1. The standard InChI is InChI=1S/C33H48O8/c1-17(2)15-21(33(5)14-13-19-18(16-34)11-12-20-26(25(19)33)32(20,3)4)22-27(37-6)23(30(35)40-9)29(39-8)24(28(22)38-7)31(36)41-10/h13-14,17-21,25-26,34H,11-12,15-16H2,1-10H3/t18-,19+,20-,21+,25-,26-,33-/m1/s1. The number of ether oxygens (including phenoxy) is 5. The van der Waals surface area contributed by atoms with Gasteiger partial charge in [-0.05, 0) is 65.6 Å². The second kappa shape index (κ2) is 11.5. The largest absolute Gasteiger partial charge is 0.495 e. The number of carbonyl (C=O) groups is 2. The van der Waals surface area contributed by atoms with E-state index in [0.29, 0.717) is 17.4 Å². The van der Waals surface area contributed by atoms with Crippen LogP contribution in [0.1, 0.15) is 86.1 Å². The van der Waals surface area contributed by atoms with E-state index in [1.54, 1.807) is 0 Å². The maximum atomic E-state index is 13.3. The molecule has 1 aromatic rings.